The largest absolute Gasteiger partial charge is 0.393 e. The van der Waals surface area contributed by atoms with Crippen LogP contribution in [-0.2, 0) is 0 Å². The van der Waals surface area contributed by atoms with Gasteiger partial charge >= 0.3 is 0 Å². The second kappa shape index (κ2) is 6.38. The number of aliphatic hydroxyl groups excluding tert-OH is 2. The highest BCUT2D eigenvalue weighted by atomic mass is 16.3. The van der Waals surface area contributed by atoms with Gasteiger partial charge in [-0.3, -0.25) is 0 Å². The first-order valence-corrected chi connectivity index (χ1v) is 4.13. The fourth-order valence-electron chi connectivity index (χ4n) is 0.888. The molecule has 0 saturated carbocycles. The molecule has 2 heteroatoms. The van der Waals surface area contributed by atoms with Crippen LogP contribution < -0.4 is 0 Å². The lowest BCUT2D eigenvalue weighted by molar-refractivity contribution is 0.117. The van der Waals surface area contributed by atoms with Crippen LogP contribution in [0.5, 0.6) is 0 Å². The van der Waals surface area contributed by atoms with Crippen LogP contribution in [0.3, 0.4) is 0 Å². The van der Waals surface area contributed by atoms with E-state index in [1.165, 1.54) is 0 Å². The lowest BCUT2D eigenvalue weighted by Crippen LogP contribution is -2.10. The maximum Gasteiger partial charge on any atom is 0.0544 e. The van der Waals surface area contributed by atoms with Crippen molar-refractivity contribution >= 4 is 0 Å². The second-order valence-electron chi connectivity index (χ2n) is 2.95. The summed E-state index contributed by atoms with van der Waals surface area (Å²) in [6.45, 7) is 5.30. The normalized spacial score (nSPS) is 15.9. The Bertz CT molecular complexity index is 99.7. The lowest BCUT2D eigenvalue weighted by atomic mass is 10.1. The van der Waals surface area contributed by atoms with Gasteiger partial charge in [-0.25, -0.2) is 0 Å². The molecule has 0 heterocycles. The van der Waals surface area contributed by atoms with Crippen molar-refractivity contribution in [3.8, 4) is 0 Å². The fraction of sp³-hybridized carbons (Fsp3) is 0.778. The quantitative estimate of drug-likeness (QED) is 0.575. The van der Waals surface area contributed by atoms with Crippen LogP contribution in [0.4, 0.5) is 0 Å². The molecule has 0 aliphatic heterocycles. The molecule has 0 fully saturated rings. The van der Waals surface area contributed by atoms with Crippen molar-refractivity contribution < 1.29 is 10.2 Å². The molecule has 0 aromatic heterocycles. The molecule has 0 unspecified atom stereocenters. The summed E-state index contributed by atoms with van der Waals surface area (Å²) in [7, 11) is 0. The zero-order chi connectivity index (χ0) is 8.69. The van der Waals surface area contributed by atoms with Gasteiger partial charge in [0.2, 0.25) is 0 Å². The fourth-order valence-corrected chi connectivity index (χ4v) is 0.888. The highest BCUT2D eigenvalue weighted by Crippen LogP contribution is 2.06. The van der Waals surface area contributed by atoms with E-state index in [-0.39, 0.29) is 12.2 Å². The highest BCUT2D eigenvalue weighted by Gasteiger charge is 2.04. The van der Waals surface area contributed by atoms with Crippen molar-refractivity contribution in [2.45, 2.75) is 44.8 Å². The molecular weight excluding hydrogens is 140 g/mol. The van der Waals surface area contributed by atoms with Crippen molar-refractivity contribution in [3.63, 3.8) is 0 Å². The Morgan fingerprint density at radius 1 is 1.27 bits per heavy atom. The Hall–Kier alpha value is -0.340. The molecule has 0 bridgehead atoms. The third kappa shape index (κ3) is 7.56. The van der Waals surface area contributed by atoms with E-state index in [0.29, 0.717) is 12.8 Å². The smallest absolute Gasteiger partial charge is 0.0544 e. The first-order valence-electron chi connectivity index (χ1n) is 4.13. The van der Waals surface area contributed by atoms with E-state index >= 15 is 0 Å². The molecule has 0 aromatic rings. The van der Waals surface area contributed by atoms with Crippen LogP contribution in [0.1, 0.15) is 32.6 Å². The van der Waals surface area contributed by atoms with Crippen LogP contribution in [0.15, 0.2) is 12.7 Å². The van der Waals surface area contributed by atoms with Gasteiger partial charge in [0.05, 0.1) is 12.2 Å². The predicted molar refractivity (Wildman–Crippen MR) is 46.4 cm³/mol. The molecule has 0 amide bonds. The van der Waals surface area contributed by atoms with E-state index in [9.17, 15) is 5.11 Å². The molecule has 2 N–H and O–H groups in total. The standard InChI is InChI=1S/C9H18O2/c1-3-4-5-9(11)7-6-8(2)10/h3,8-11H,1,4-7H2,2H3/t8-,9+/m1/s1. The van der Waals surface area contributed by atoms with Gasteiger partial charge < -0.3 is 10.2 Å². The maximum absolute atomic E-state index is 9.27. The zero-order valence-corrected chi connectivity index (χ0v) is 7.16. The van der Waals surface area contributed by atoms with E-state index in [4.69, 9.17) is 5.11 Å². The third-order valence-corrected chi connectivity index (χ3v) is 1.62. The third-order valence-electron chi connectivity index (χ3n) is 1.62. The molecule has 0 rings (SSSR count). The average molecular weight is 158 g/mol. The van der Waals surface area contributed by atoms with E-state index in [0.717, 1.165) is 12.8 Å². The molecule has 0 saturated heterocycles. The Balaban J connectivity index is 3.21. The summed E-state index contributed by atoms with van der Waals surface area (Å²) >= 11 is 0. The topological polar surface area (TPSA) is 40.5 Å². The van der Waals surface area contributed by atoms with Crippen molar-refractivity contribution in [1.82, 2.24) is 0 Å². The maximum atomic E-state index is 9.27. The summed E-state index contributed by atoms with van der Waals surface area (Å²) in [5.41, 5.74) is 0. The van der Waals surface area contributed by atoms with Crippen molar-refractivity contribution in [3.05, 3.63) is 12.7 Å². The molecule has 2 atom stereocenters. The average Bonchev–Trinajstić information content (AvgIpc) is 1.97. The summed E-state index contributed by atoms with van der Waals surface area (Å²) in [4.78, 5) is 0. The molecule has 2 nitrogen and oxygen atoms in total. The number of aliphatic hydroxyl groups is 2. The first-order chi connectivity index (χ1) is 5.16. The van der Waals surface area contributed by atoms with E-state index in [1.807, 2.05) is 0 Å². The highest BCUT2D eigenvalue weighted by molar-refractivity contribution is 4.69. The minimum atomic E-state index is -0.298. The van der Waals surface area contributed by atoms with Gasteiger partial charge in [0.15, 0.2) is 0 Å². The Kier molecular flexibility index (Phi) is 6.18. The van der Waals surface area contributed by atoms with Crippen LogP contribution in [0, 0.1) is 0 Å². The van der Waals surface area contributed by atoms with Gasteiger partial charge in [0, 0.05) is 0 Å². The van der Waals surface area contributed by atoms with Crippen LogP contribution >= 0.6 is 0 Å². The van der Waals surface area contributed by atoms with Gasteiger partial charge in [0.1, 0.15) is 0 Å². The van der Waals surface area contributed by atoms with Gasteiger partial charge in [-0.2, -0.15) is 0 Å². The molecule has 0 aromatic carbocycles. The molecular formula is C9H18O2. The summed E-state index contributed by atoms with van der Waals surface area (Å²) in [5.74, 6) is 0. The molecule has 0 spiro atoms. The van der Waals surface area contributed by atoms with E-state index in [1.54, 1.807) is 13.0 Å². The Morgan fingerprint density at radius 2 is 1.91 bits per heavy atom. The summed E-state index contributed by atoms with van der Waals surface area (Å²) in [6, 6.07) is 0. The lowest BCUT2D eigenvalue weighted by Gasteiger charge is -2.09. The zero-order valence-electron chi connectivity index (χ0n) is 7.16. The Labute approximate surface area is 68.6 Å². The number of rotatable bonds is 6. The Morgan fingerprint density at radius 3 is 2.36 bits per heavy atom. The number of hydrogen-bond acceptors (Lipinski definition) is 2. The number of allylic oxidation sites excluding steroid dienone is 1. The van der Waals surface area contributed by atoms with Crippen LogP contribution in [0.2, 0.25) is 0 Å². The van der Waals surface area contributed by atoms with Gasteiger partial charge in [-0.15, -0.1) is 6.58 Å². The monoisotopic (exact) mass is 158 g/mol. The summed E-state index contributed by atoms with van der Waals surface area (Å²) in [6.07, 6.45) is 4.20. The minimum Gasteiger partial charge on any atom is -0.393 e. The molecule has 11 heavy (non-hydrogen) atoms. The molecule has 66 valence electrons. The summed E-state index contributed by atoms with van der Waals surface area (Å²) in [5, 5.41) is 18.2. The predicted octanol–water partition coefficient (Wildman–Crippen LogP) is 1.47. The van der Waals surface area contributed by atoms with Gasteiger partial charge in [-0.1, -0.05) is 6.08 Å². The van der Waals surface area contributed by atoms with Gasteiger partial charge in [-0.05, 0) is 32.6 Å². The van der Waals surface area contributed by atoms with Crippen molar-refractivity contribution in [2.24, 2.45) is 0 Å². The molecule has 0 radical (unpaired) electrons. The minimum absolute atomic E-state index is 0.275. The second-order valence-corrected chi connectivity index (χ2v) is 2.95. The van der Waals surface area contributed by atoms with Crippen molar-refractivity contribution in [2.75, 3.05) is 0 Å². The molecule has 0 aliphatic rings. The van der Waals surface area contributed by atoms with E-state index in [2.05, 4.69) is 6.58 Å². The van der Waals surface area contributed by atoms with E-state index < -0.39 is 0 Å². The SMILES string of the molecule is C=CCC[C@H](O)CC[C@@H](C)O. The van der Waals surface area contributed by atoms with Crippen LogP contribution in [0.25, 0.3) is 0 Å². The van der Waals surface area contributed by atoms with Crippen molar-refractivity contribution in [1.29, 1.82) is 0 Å². The molecule has 0 aliphatic carbocycles. The first kappa shape index (κ1) is 10.7. The number of hydrogen-bond donors (Lipinski definition) is 2. The van der Waals surface area contributed by atoms with Crippen LogP contribution in [-0.4, -0.2) is 22.4 Å². The summed E-state index contributed by atoms with van der Waals surface area (Å²) < 4.78 is 0. The van der Waals surface area contributed by atoms with Gasteiger partial charge in [0.25, 0.3) is 0 Å².